The van der Waals surface area contributed by atoms with Crippen molar-refractivity contribution in [2.45, 2.75) is 38.0 Å². The first-order valence-corrected chi connectivity index (χ1v) is 9.94. The summed E-state index contributed by atoms with van der Waals surface area (Å²) in [6, 6.07) is 8.45. The monoisotopic (exact) mass is 349 g/mol. The number of carbonyl (C=O) groups excluding carboxylic acids is 1. The number of aryl methyl sites for hydroxylation is 3. The van der Waals surface area contributed by atoms with Gasteiger partial charge in [-0.25, -0.2) is 12.7 Å². The van der Waals surface area contributed by atoms with Gasteiger partial charge in [-0.3, -0.25) is 4.79 Å². The fraction of sp³-hybridized carbons (Fsp3) is 0.353. The summed E-state index contributed by atoms with van der Waals surface area (Å²) in [6.07, 6.45) is 3.09. The highest BCUT2D eigenvalue weighted by atomic mass is 32.2. The molecule has 0 unspecified atom stereocenters. The number of nitrogens with zero attached hydrogens (tertiary/aromatic N) is 1. The van der Waals surface area contributed by atoms with E-state index < -0.39 is 15.9 Å². The van der Waals surface area contributed by atoms with Crippen LogP contribution >= 0.6 is 11.3 Å². The molecule has 1 amide bonds. The number of hydrogen-bond acceptors (Lipinski definition) is 4. The van der Waals surface area contributed by atoms with Crippen LogP contribution < -0.4 is 0 Å². The maximum absolute atomic E-state index is 12.8. The van der Waals surface area contributed by atoms with E-state index >= 15 is 0 Å². The smallest absolute Gasteiger partial charge is 0.267 e. The third-order valence-corrected chi connectivity index (χ3v) is 7.18. The Bertz CT molecular complexity index is 814. The molecule has 1 aliphatic carbocycles. The predicted octanol–water partition coefficient (Wildman–Crippen LogP) is 3.40. The van der Waals surface area contributed by atoms with Gasteiger partial charge in [-0.1, -0.05) is 17.7 Å². The van der Waals surface area contributed by atoms with Gasteiger partial charge in [0.25, 0.3) is 15.9 Å². The second-order valence-electron chi connectivity index (χ2n) is 5.70. The number of hydrogen-bond donors (Lipinski definition) is 0. The molecule has 0 fully saturated rings. The molecular weight excluding hydrogens is 330 g/mol. The highest BCUT2D eigenvalue weighted by molar-refractivity contribution is 7.89. The molecule has 0 saturated carbocycles. The van der Waals surface area contributed by atoms with Gasteiger partial charge in [0, 0.05) is 11.4 Å². The van der Waals surface area contributed by atoms with Crippen LogP contribution in [0, 0.1) is 6.92 Å². The van der Waals surface area contributed by atoms with E-state index in [1.165, 1.54) is 21.8 Å². The molecule has 1 aliphatic rings. The summed E-state index contributed by atoms with van der Waals surface area (Å²) in [5.41, 5.74) is 2.18. The number of carbonyl (C=O) groups is 1. The SMILES string of the molecule is CCN(C(=O)c1cc2c(s1)CCC2)S(=O)(=O)c1ccc(C)cc1. The van der Waals surface area contributed by atoms with Gasteiger partial charge in [0.05, 0.1) is 9.77 Å². The van der Waals surface area contributed by atoms with Crippen molar-refractivity contribution >= 4 is 27.3 Å². The van der Waals surface area contributed by atoms with E-state index in [0.29, 0.717) is 4.88 Å². The van der Waals surface area contributed by atoms with E-state index in [-0.39, 0.29) is 11.4 Å². The molecule has 6 heteroatoms. The Balaban J connectivity index is 1.94. The zero-order valence-corrected chi connectivity index (χ0v) is 14.8. The Morgan fingerprint density at radius 1 is 1.22 bits per heavy atom. The van der Waals surface area contributed by atoms with Gasteiger partial charge in [0.2, 0.25) is 0 Å². The van der Waals surface area contributed by atoms with Gasteiger partial charge in [-0.05, 0) is 56.9 Å². The zero-order chi connectivity index (χ0) is 16.6. The largest absolute Gasteiger partial charge is 0.277 e. The van der Waals surface area contributed by atoms with Crippen LogP contribution in [0.2, 0.25) is 0 Å². The molecule has 3 rings (SSSR count). The van der Waals surface area contributed by atoms with Crippen molar-refractivity contribution < 1.29 is 13.2 Å². The van der Waals surface area contributed by atoms with Crippen molar-refractivity contribution in [3.05, 3.63) is 51.2 Å². The number of fused-ring (bicyclic) bond motifs is 1. The van der Waals surface area contributed by atoms with Crippen LogP contribution in [0.15, 0.2) is 35.2 Å². The Morgan fingerprint density at radius 3 is 2.52 bits per heavy atom. The van der Waals surface area contributed by atoms with Crippen LogP contribution in [0.5, 0.6) is 0 Å². The fourth-order valence-electron chi connectivity index (χ4n) is 2.82. The number of thiophene rings is 1. The molecule has 23 heavy (non-hydrogen) atoms. The van der Waals surface area contributed by atoms with Gasteiger partial charge in [0.1, 0.15) is 0 Å². The molecule has 0 spiro atoms. The van der Waals surface area contributed by atoms with Gasteiger partial charge in [-0.15, -0.1) is 11.3 Å². The molecule has 0 radical (unpaired) electrons. The average Bonchev–Trinajstić information content (AvgIpc) is 3.09. The van der Waals surface area contributed by atoms with Crippen molar-refractivity contribution in [1.82, 2.24) is 4.31 Å². The highest BCUT2D eigenvalue weighted by Crippen LogP contribution is 2.32. The van der Waals surface area contributed by atoms with E-state index in [2.05, 4.69) is 0 Å². The van der Waals surface area contributed by atoms with E-state index in [9.17, 15) is 13.2 Å². The maximum Gasteiger partial charge on any atom is 0.277 e. The van der Waals surface area contributed by atoms with Gasteiger partial charge in [0.15, 0.2) is 0 Å². The highest BCUT2D eigenvalue weighted by Gasteiger charge is 2.30. The minimum atomic E-state index is -3.82. The summed E-state index contributed by atoms with van der Waals surface area (Å²) >= 11 is 1.43. The van der Waals surface area contributed by atoms with E-state index in [1.807, 2.05) is 13.0 Å². The second-order valence-corrected chi connectivity index (χ2v) is 8.70. The van der Waals surface area contributed by atoms with E-state index in [4.69, 9.17) is 0 Å². The maximum atomic E-state index is 12.8. The molecule has 0 atom stereocenters. The van der Waals surface area contributed by atoms with Gasteiger partial charge in [-0.2, -0.15) is 0 Å². The van der Waals surface area contributed by atoms with Crippen molar-refractivity contribution in [3.63, 3.8) is 0 Å². The molecule has 0 saturated heterocycles. The van der Waals surface area contributed by atoms with Crippen LogP contribution in [-0.2, 0) is 22.9 Å². The first-order valence-electron chi connectivity index (χ1n) is 7.69. The minimum absolute atomic E-state index is 0.123. The second kappa shape index (κ2) is 6.09. The Kier molecular flexibility index (Phi) is 4.29. The minimum Gasteiger partial charge on any atom is -0.267 e. The van der Waals surface area contributed by atoms with E-state index in [1.54, 1.807) is 31.2 Å². The Labute approximate surface area is 140 Å². The topological polar surface area (TPSA) is 54.5 Å². The number of rotatable bonds is 4. The molecule has 0 bridgehead atoms. The lowest BCUT2D eigenvalue weighted by atomic mass is 10.2. The molecule has 1 aromatic carbocycles. The Hall–Kier alpha value is -1.66. The van der Waals surface area contributed by atoms with Crippen LogP contribution in [-0.4, -0.2) is 25.2 Å². The van der Waals surface area contributed by atoms with Crippen LogP contribution in [0.25, 0.3) is 0 Å². The van der Waals surface area contributed by atoms with Crippen molar-refractivity contribution in [3.8, 4) is 0 Å². The lowest BCUT2D eigenvalue weighted by Crippen LogP contribution is -2.36. The Morgan fingerprint density at radius 2 is 1.91 bits per heavy atom. The molecule has 4 nitrogen and oxygen atoms in total. The first kappa shape index (κ1) is 16.2. The van der Waals surface area contributed by atoms with Crippen LogP contribution in [0.4, 0.5) is 0 Å². The summed E-state index contributed by atoms with van der Waals surface area (Å²) in [7, 11) is -3.82. The summed E-state index contributed by atoms with van der Waals surface area (Å²) in [5.74, 6) is -0.424. The van der Waals surface area contributed by atoms with E-state index in [0.717, 1.165) is 29.1 Å². The zero-order valence-electron chi connectivity index (χ0n) is 13.2. The molecule has 0 N–H and O–H groups in total. The number of amides is 1. The molecule has 1 aromatic heterocycles. The summed E-state index contributed by atoms with van der Waals surface area (Å²) < 4.78 is 26.5. The standard InChI is InChI=1S/C17H19NO3S2/c1-3-18(23(20,21)14-9-7-12(2)8-10-14)17(19)16-11-13-5-4-6-15(13)22-16/h7-11H,3-6H2,1-2H3. The normalized spacial score (nSPS) is 13.8. The third kappa shape index (κ3) is 2.93. The lowest BCUT2D eigenvalue weighted by molar-refractivity contribution is 0.0870. The summed E-state index contributed by atoms with van der Waals surface area (Å²) in [6.45, 7) is 3.70. The molecule has 2 aromatic rings. The number of benzene rings is 1. The average molecular weight is 349 g/mol. The molecule has 122 valence electrons. The van der Waals surface area contributed by atoms with Gasteiger partial charge >= 0.3 is 0 Å². The van der Waals surface area contributed by atoms with Crippen molar-refractivity contribution in [2.75, 3.05) is 6.54 Å². The summed E-state index contributed by atoms with van der Waals surface area (Å²) in [4.78, 5) is 14.6. The predicted molar refractivity (Wildman–Crippen MR) is 91.4 cm³/mol. The fourth-order valence-corrected chi connectivity index (χ4v) is 5.47. The first-order chi connectivity index (χ1) is 10.9. The van der Waals surface area contributed by atoms with Crippen molar-refractivity contribution in [1.29, 1.82) is 0 Å². The lowest BCUT2D eigenvalue weighted by Gasteiger charge is -2.20. The third-order valence-electron chi connectivity index (χ3n) is 4.08. The quantitative estimate of drug-likeness (QED) is 0.850. The molecule has 1 heterocycles. The van der Waals surface area contributed by atoms with Gasteiger partial charge < -0.3 is 0 Å². The van der Waals surface area contributed by atoms with Crippen LogP contribution in [0.3, 0.4) is 0 Å². The van der Waals surface area contributed by atoms with Crippen LogP contribution in [0.1, 0.15) is 39.0 Å². The molecular formula is C17H19NO3S2. The summed E-state index contributed by atoms with van der Waals surface area (Å²) in [5, 5.41) is 0. The molecule has 0 aliphatic heterocycles. The number of sulfonamides is 1. The van der Waals surface area contributed by atoms with Crippen molar-refractivity contribution in [2.24, 2.45) is 0 Å².